The first-order chi connectivity index (χ1) is 5.31. The number of unbranched alkanes of at least 4 members (excludes halogenated alkanes) is 2. The molecule has 0 heterocycles. The Bertz CT molecular complexity index is 63.4. The van der Waals surface area contributed by atoms with Crippen LogP contribution in [0.15, 0.2) is 0 Å². The van der Waals surface area contributed by atoms with Gasteiger partial charge in [-0.15, -0.1) is 17.0 Å². The van der Waals surface area contributed by atoms with Gasteiger partial charge >= 0.3 is 0 Å². The summed E-state index contributed by atoms with van der Waals surface area (Å²) in [6.45, 7) is 6.76. The largest absolute Gasteiger partial charge is 0.114 e. The molecule has 0 N–H and O–H groups in total. The quantitative estimate of drug-likeness (QED) is 0.636. The summed E-state index contributed by atoms with van der Waals surface area (Å²) in [5.41, 5.74) is 0. The Labute approximate surface area is 88.9 Å². The molecule has 1 fully saturated rings. The van der Waals surface area contributed by atoms with Crippen LogP contribution in [0.3, 0.4) is 0 Å². The van der Waals surface area contributed by atoms with Gasteiger partial charge in [-0.2, -0.15) is 0 Å². The molecule has 1 saturated carbocycles. The molecule has 0 amide bonds. The Morgan fingerprint density at radius 3 is 1.50 bits per heavy atom. The van der Waals surface area contributed by atoms with Crippen LogP contribution in [0.25, 0.3) is 0 Å². The van der Waals surface area contributed by atoms with Crippen molar-refractivity contribution in [1.29, 1.82) is 0 Å². The number of rotatable bonds is 2. The smallest absolute Gasteiger partial charge is 0.0443 e. The standard InChI is InChI=1S/C6H12.C5H12.BrH/c1-6-4-2-3-5-6;1-3-5-4-2;/h6H,2-5H2,1H3;3-5H2,1-2H3;1H. The van der Waals surface area contributed by atoms with Crippen LogP contribution in [0, 0.1) is 5.92 Å². The summed E-state index contributed by atoms with van der Waals surface area (Å²) in [6, 6.07) is 0. The predicted molar refractivity (Wildman–Crippen MR) is 63.2 cm³/mol. The van der Waals surface area contributed by atoms with Crippen LogP contribution in [0.2, 0.25) is 0 Å². The Balaban J connectivity index is 0. The van der Waals surface area contributed by atoms with Crippen LogP contribution >= 0.6 is 17.0 Å². The topological polar surface area (TPSA) is 0 Å². The maximum Gasteiger partial charge on any atom is -0.0443 e. The molecule has 0 aromatic carbocycles. The monoisotopic (exact) mass is 236 g/mol. The van der Waals surface area contributed by atoms with E-state index in [-0.39, 0.29) is 17.0 Å². The Morgan fingerprint density at radius 2 is 1.42 bits per heavy atom. The molecule has 1 aliphatic carbocycles. The van der Waals surface area contributed by atoms with Gasteiger partial charge in [0.25, 0.3) is 0 Å². The minimum atomic E-state index is 0. The van der Waals surface area contributed by atoms with Gasteiger partial charge in [-0.3, -0.25) is 0 Å². The van der Waals surface area contributed by atoms with Gasteiger partial charge in [0.05, 0.1) is 0 Å². The van der Waals surface area contributed by atoms with E-state index in [1.54, 1.807) is 0 Å². The highest BCUT2D eigenvalue weighted by atomic mass is 79.9. The van der Waals surface area contributed by atoms with Crippen molar-refractivity contribution < 1.29 is 0 Å². The maximum absolute atomic E-state index is 2.34. The Hall–Kier alpha value is 0.480. The first-order valence-electron chi connectivity index (χ1n) is 5.31. The molecule has 0 aliphatic heterocycles. The van der Waals surface area contributed by atoms with Gasteiger partial charge in [0.2, 0.25) is 0 Å². The molecule has 0 radical (unpaired) electrons. The van der Waals surface area contributed by atoms with Gasteiger partial charge in [-0.05, 0) is 5.92 Å². The van der Waals surface area contributed by atoms with E-state index in [4.69, 9.17) is 0 Å². The van der Waals surface area contributed by atoms with Gasteiger partial charge in [-0.25, -0.2) is 0 Å². The van der Waals surface area contributed by atoms with E-state index in [1.165, 1.54) is 44.9 Å². The van der Waals surface area contributed by atoms with E-state index in [0.717, 1.165) is 5.92 Å². The van der Waals surface area contributed by atoms with Gasteiger partial charge < -0.3 is 0 Å². The van der Waals surface area contributed by atoms with Crippen molar-refractivity contribution in [1.82, 2.24) is 0 Å². The molecular weight excluding hydrogens is 212 g/mol. The summed E-state index contributed by atoms with van der Waals surface area (Å²) >= 11 is 0. The molecule has 0 aromatic heterocycles. The highest BCUT2D eigenvalue weighted by molar-refractivity contribution is 8.93. The van der Waals surface area contributed by atoms with Crippen LogP contribution in [-0.4, -0.2) is 0 Å². The maximum atomic E-state index is 2.34. The van der Waals surface area contributed by atoms with E-state index in [2.05, 4.69) is 20.8 Å². The second-order valence-corrected chi connectivity index (χ2v) is 3.74. The van der Waals surface area contributed by atoms with Gasteiger partial charge in [0, 0.05) is 0 Å². The lowest BCUT2D eigenvalue weighted by Gasteiger charge is -1.91. The van der Waals surface area contributed by atoms with Crippen LogP contribution in [-0.2, 0) is 0 Å². The second kappa shape index (κ2) is 11.5. The van der Waals surface area contributed by atoms with Gasteiger partial charge in [0.15, 0.2) is 0 Å². The molecule has 1 aliphatic rings. The van der Waals surface area contributed by atoms with Crippen molar-refractivity contribution in [3.8, 4) is 0 Å². The van der Waals surface area contributed by atoms with Crippen molar-refractivity contribution >= 4 is 17.0 Å². The zero-order valence-corrected chi connectivity index (χ0v) is 10.6. The fourth-order valence-electron chi connectivity index (χ4n) is 1.48. The van der Waals surface area contributed by atoms with E-state index >= 15 is 0 Å². The summed E-state index contributed by atoms with van der Waals surface area (Å²) in [6.07, 6.45) is 10.0. The van der Waals surface area contributed by atoms with Crippen molar-refractivity contribution in [2.75, 3.05) is 0 Å². The predicted octanol–water partition coefficient (Wildman–Crippen LogP) is 4.97. The highest BCUT2D eigenvalue weighted by Crippen LogP contribution is 2.22. The Morgan fingerprint density at radius 1 is 1.00 bits per heavy atom. The average Bonchev–Trinajstić information content (AvgIpc) is 2.43. The first-order valence-corrected chi connectivity index (χ1v) is 5.31. The first kappa shape index (κ1) is 15.0. The number of hydrogen-bond donors (Lipinski definition) is 0. The lowest BCUT2D eigenvalue weighted by molar-refractivity contribution is 0.612. The average molecular weight is 237 g/mol. The van der Waals surface area contributed by atoms with E-state index in [9.17, 15) is 0 Å². The summed E-state index contributed by atoms with van der Waals surface area (Å²) in [4.78, 5) is 0. The van der Waals surface area contributed by atoms with Crippen molar-refractivity contribution in [2.45, 2.75) is 65.7 Å². The lowest BCUT2D eigenvalue weighted by atomic mass is 10.2. The molecule has 1 rings (SSSR count). The lowest BCUT2D eigenvalue weighted by Crippen LogP contribution is -1.78. The molecule has 12 heavy (non-hydrogen) atoms. The summed E-state index contributed by atoms with van der Waals surface area (Å²) in [5.74, 6) is 1.05. The highest BCUT2D eigenvalue weighted by Gasteiger charge is 2.07. The molecule has 76 valence electrons. The molecule has 0 atom stereocenters. The molecule has 0 unspecified atom stereocenters. The summed E-state index contributed by atoms with van der Waals surface area (Å²) < 4.78 is 0. The summed E-state index contributed by atoms with van der Waals surface area (Å²) in [5, 5.41) is 0. The van der Waals surface area contributed by atoms with E-state index < -0.39 is 0 Å². The minimum absolute atomic E-state index is 0. The fourth-order valence-corrected chi connectivity index (χ4v) is 1.48. The summed E-state index contributed by atoms with van der Waals surface area (Å²) in [7, 11) is 0. The van der Waals surface area contributed by atoms with Crippen LogP contribution in [0.5, 0.6) is 0 Å². The zero-order chi connectivity index (χ0) is 8.53. The van der Waals surface area contributed by atoms with Gasteiger partial charge in [0.1, 0.15) is 0 Å². The molecule has 0 aromatic rings. The second-order valence-electron chi connectivity index (χ2n) is 3.74. The minimum Gasteiger partial charge on any atom is -0.114 e. The zero-order valence-electron chi connectivity index (χ0n) is 8.94. The van der Waals surface area contributed by atoms with E-state index in [0.29, 0.717) is 0 Å². The van der Waals surface area contributed by atoms with E-state index in [1.807, 2.05) is 0 Å². The molecule has 0 saturated heterocycles. The molecule has 1 heteroatoms. The fraction of sp³-hybridized carbons (Fsp3) is 1.00. The van der Waals surface area contributed by atoms with Crippen molar-refractivity contribution in [3.05, 3.63) is 0 Å². The van der Waals surface area contributed by atoms with Crippen LogP contribution < -0.4 is 0 Å². The molecule has 0 bridgehead atoms. The van der Waals surface area contributed by atoms with Crippen molar-refractivity contribution in [2.24, 2.45) is 5.92 Å². The number of hydrogen-bond acceptors (Lipinski definition) is 0. The molecular formula is C11H25Br. The van der Waals surface area contributed by atoms with Gasteiger partial charge in [-0.1, -0.05) is 65.7 Å². The third kappa shape index (κ3) is 10.5. The SMILES string of the molecule is Br.CC1CCCC1.CCCCC. The molecule has 0 spiro atoms. The van der Waals surface area contributed by atoms with Crippen LogP contribution in [0.4, 0.5) is 0 Å². The third-order valence-electron chi connectivity index (χ3n) is 2.35. The Kier molecular flexibility index (Phi) is 14.3. The van der Waals surface area contributed by atoms with Crippen molar-refractivity contribution in [3.63, 3.8) is 0 Å². The van der Waals surface area contributed by atoms with Crippen LogP contribution in [0.1, 0.15) is 65.7 Å². The number of halogens is 1. The normalized spacial score (nSPS) is 16.2. The third-order valence-corrected chi connectivity index (χ3v) is 2.35. The molecule has 0 nitrogen and oxygen atoms in total.